The van der Waals surface area contributed by atoms with Crippen molar-refractivity contribution in [3.8, 4) is 0 Å². The Morgan fingerprint density at radius 1 is 1.33 bits per heavy atom. The molecule has 9 heavy (non-hydrogen) atoms. The van der Waals surface area contributed by atoms with Gasteiger partial charge in [-0.25, -0.2) is 0 Å². The summed E-state index contributed by atoms with van der Waals surface area (Å²) in [6.45, 7) is 4.67. The van der Waals surface area contributed by atoms with Crippen LogP contribution in [0.5, 0.6) is 0 Å². The van der Waals surface area contributed by atoms with Crippen LogP contribution in [0.4, 0.5) is 0 Å². The maximum absolute atomic E-state index is 2.39. The van der Waals surface area contributed by atoms with Crippen molar-refractivity contribution < 1.29 is 0 Å². The van der Waals surface area contributed by atoms with Gasteiger partial charge in [0.1, 0.15) is 0 Å². The Morgan fingerprint density at radius 2 is 2.11 bits per heavy atom. The van der Waals surface area contributed by atoms with Crippen LogP contribution in [-0.4, -0.2) is 0 Å². The van der Waals surface area contributed by atoms with Gasteiger partial charge in [0, 0.05) is 0 Å². The van der Waals surface area contributed by atoms with Gasteiger partial charge in [-0.15, -0.1) is 0 Å². The zero-order chi connectivity index (χ0) is 6.69. The fourth-order valence-electron chi connectivity index (χ4n) is 1.63. The van der Waals surface area contributed by atoms with E-state index >= 15 is 0 Å². The molecule has 0 aromatic rings. The van der Waals surface area contributed by atoms with Crippen LogP contribution in [0.25, 0.3) is 0 Å². The van der Waals surface area contributed by atoms with Crippen molar-refractivity contribution in [2.45, 2.75) is 46.0 Å². The minimum atomic E-state index is 1.05. The highest BCUT2D eigenvalue weighted by molar-refractivity contribution is 4.76. The van der Waals surface area contributed by atoms with E-state index in [1.807, 2.05) is 0 Å². The third kappa shape index (κ3) is 1.70. The zero-order valence-corrected chi connectivity index (χ0v) is 6.69. The van der Waals surface area contributed by atoms with E-state index < -0.39 is 0 Å². The number of rotatable bonds is 3. The number of hydrogen-bond acceptors (Lipinski definition) is 0. The molecule has 0 amide bonds. The summed E-state index contributed by atoms with van der Waals surface area (Å²) in [5, 5.41) is 0. The average molecular weight is 126 g/mol. The summed E-state index contributed by atoms with van der Waals surface area (Å²) in [7, 11) is 0. The molecule has 1 fully saturated rings. The van der Waals surface area contributed by atoms with Crippen molar-refractivity contribution in [3.63, 3.8) is 0 Å². The lowest BCUT2D eigenvalue weighted by atomic mass is 9.72. The van der Waals surface area contributed by atoms with Crippen molar-refractivity contribution in [3.05, 3.63) is 0 Å². The molecule has 0 aliphatic heterocycles. The summed E-state index contributed by atoms with van der Waals surface area (Å²) in [6, 6.07) is 0. The molecule has 0 saturated heterocycles. The van der Waals surface area contributed by atoms with E-state index in [1.165, 1.54) is 32.1 Å². The molecule has 0 radical (unpaired) electrons. The van der Waals surface area contributed by atoms with E-state index in [-0.39, 0.29) is 0 Å². The summed E-state index contributed by atoms with van der Waals surface area (Å²) >= 11 is 0. The zero-order valence-electron chi connectivity index (χ0n) is 6.69. The van der Waals surface area contributed by atoms with Gasteiger partial charge in [0.05, 0.1) is 0 Å². The molecular formula is C9H18. The first-order chi connectivity index (χ1) is 4.34. The van der Waals surface area contributed by atoms with Gasteiger partial charge in [-0.3, -0.25) is 0 Å². The summed E-state index contributed by atoms with van der Waals surface area (Å²) in [6.07, 6.45) is 7.34. The quantitative estimate of drug-likeness (QED) is 0.544. The lowest BCUT2D eigenvalue weighted by Crippen LogP contribution is -2.22. The second kappa shape index (κ2) is 3.24. The lowest BCUT2D eigenvalue weighted by molar-refractivity contribution is 0.180. The molecule has 0 aromatic heterocycles. The van der Waals surface area contributed by atoms with Gasteiger partial charge in [0.15, 0.2) is 0 Å². The Bertz CT molecular complexity index is 76.1. The molecule has 0 aromatic carbocycles. The predicted octanol–water partition coefficient (Wildman–Crippen LogP) is 3.22. The van der Waals surface area contributed by atoms with Gasteiger partial charge in [0.2, 0.25) is 0 Å². The largest absolute Gasteiger partial charge is 0.0654 e. The predicted molar refractivity (Wildman–Crippen MR) is 41.4 cm³/mol. The van der Waals surface area contributed by atoms with Crippen molar-refractivity contribution in [1.82, 2.24) is 0 Å². The van der Waals surface area contributed by atoms with Gasteiger partial charge in [-0.05, 0) is 18.3 Å². The molecule has 1 rings (SSSR count). The highest BCUT2D eigenvalue weighted by Crippen LogP contribution is 2.36. The first kappa shape index (κ1) is 7.11. The molecule has 0 heterocycles. The van der Waals surface area contributed by atoms with Crippen molar-refractivity contribution in [2.75, 3.05) is 0 Å². The monoisotopic (exact) mass is 126 g/mol. The Labute approximate surface area is 58.7 Å². The second-order valence-corrected chi connectivity index (χ2v) is 3.46. The second-order valence-electron chi connectivity index (χ2n) is 3.46. The lowest BCUT2D eigenvalue weighted by Gasteiger charge is -2.33. The van der Waals surface area contributed by atoms with Crippen LogP contribution in [0, 0.1) is 11.8 Å². The van der Waals surface area contributed by atoms with Crippen LogP contribution in [0.1, 0.15) is 46.0 Å². The van der Waals surface area contributed by atoms with Gasteiger partial charge >= 0.3 is 0 Å². The SMILES string of the molecule is CCCCC1CCC1C. The van der Waals surface area contributed by atoms with Gasteiger partial charge in [-0.2, -0.15) is 0 Å². The van der Waals surface area contributed by atoms with E-state index in [0.29, 0.717) is 0 Å². The molecule has 1 saturated carbocycles. The first-order valence-corrected chi connectivity index (χ1v) is 4.34. The molecule has 0 nitrogen and oxygen atoms in total. The molecule has 1 aliphatic carbocycles. The summed E-state index contributed by atoms with van der Waals surface area (Å²) in [5.74, 6) is 2.15. The molecule has 0 bridgehead atoms. The van der Waals surface area contributed by atoms with Gasteiger partial charge in [0.25, 0.3) is 0 Å². The highest BCUT2D eigenvalue weighted by Gasteiger charge is 2.25. The van der Waals surface area contributed by atoms with Crippen LogP contribution in [0.2, 0.25) is 0 Å². The highest BCUT2D eigenvalue weighted by atomic mass is 14.3. The third-order valence-corrected chi connectivity index (χ3v) is 2.73. The fourth-order valence-corrected chi connectivity index (χ4v) is 1.63. The summed E-state index contributed by atoms with van der Waals surface area (Å²) < 4.78 is 0. The molecule has 2 atom stereocenters. The minimum Gasteiger partial charge on any atom is -0.0654 e. The molecule has 0 N–H and O–H groups in total. The minimum absolute atomic E-state index is 1.05. The van der Waals surface area contributed by atoms with Crippen LogP contribution >= 0.6 is 0 Å². The summed E-state index contributed by atoms with van der Waals surface area (Å²) in [5.41, 5.74) is 0. The smallest absolute Gasteiger partial charge is 0.0388 e. The van der Waals surface area contributed by atoms with E-state index in [2.05, 4.69) is 13.8 Å². The normalized spacial score (nSPS) is 34.0. The van der Waals surface area contributed by atoms with Crippen LogP contribution in [0.3, 0.4) is 0 Å². The van der Waals surface area contributed by atoms with Gasteiger partial charge in [-0.1, -0.05) is 39.5 Å². The maximum Gasteiger partial charge on any atom is -0.0388 e. The number of unbranched alkanes of at least 4 members (excludes halogenated alkanes) is 1. The van der Waals surface area contributed by atoms with E-state index in [4.69, 9.17) is 0 Å². The van der Waals surface area contributed by atoms with Crippen molar-refractivity contribution in [1.29, 1.82) is 0 Å². The summed E-state index contributed by atoms with van der Waals surface area (Å²) in [4.78, 5) is 0. The Kier molecular flexibility index (Phi) is 2.56. The third-order valence-electron chi connectivity index (χ3n) is 2.73. The van der Waals surface area contributed by atoms with Crippen molar-refractivity contribution in [2.24, 2.45) is 11.8 Å². The molecule has 0 spiro atoms. The van der Waals surface area contributed by atoms with E-state index in [9.17, 15) is 0 Å². The Hall–Kier alpha value is 0. The average Bonchev–Trinajstić information content (AvgIpc) is 1.86. The van der Waals surface area contributed by atoms with Crippen LogP contribution < -0.4 is 0 Å². The molecule has 2 unspecified atom stereocenters. The first-order valence-electron chi connectivity index (χ1n) is 4.34. The molecular weight excluding hydrogens is 108 g/mol. The molecule has 0 heteroatoms. The Morgan fingerprint density at radius 3 is 2.44 bits per heavy atom. The van der Waals surface area contributed by atoms with Crippen LogP contribution in [0.15, 0.2) is 0 Å². The van der Waals surface area contributed by atoms with E-state index in [1.54, 1.807) is 0 Å². The standard InChI is InChI=1S/C9H18/c1-3-4-5-9-7-6-8(9)2/h8-9H,3-7H2,1-2H3. The number of hydrogen-bond donors (Lipinski definition) is 0. The molecule has 54 valence electrons. The van der Waals surface area contributed by atoms with Gasteiger partial charge < -0.3 is 0 Å². The maximum atomic E-state index is 2.39. The Balaban J connectivity index is 1.99. The van der Waals surface area contributed by atoms with Crippen LogP contribution in [-0.2, 0) is 0 Å². The van der Waals surface area contributed by atoms with Crippen molar-refractivity contribution >= 4 is 0 Å². The molecule has 1 aliphatic rings. The topological polar surface area (TPSA) is 0 Å². The fraction of sp³-hybridized carbons (Fsp3) is 1.00. The van der Waals surface area contributed by atoms with E-state index in [0.717, 1.165) is 11.8 Å².